The highest BCUT2D eigenvalue weighted by Gasteiger charge is 2.27. The fourth-order valence-corrected chi connectivity index (χ4v) is 4.75. The van der Waals surface area contributed by atoms with Gasteiger partial charge in [-0.25, -0.2) is 4.68 Å². The van der Waals surface area contributed by atoms with Gasteiger partial charge in [0.2, 0.25) is 5.91 Å². The van der Waals surface area contributed by atoms with Crippen LogP contribution in [-0.2, 0) is 11.3 Å². The number of carbonyl (C=O) groups excluding carboxylic acids is 1. The molecule has 0 radical (unpaired) electrons. The summed E-state index contributed by atoms with van der Waals surface area (Å²) in [6.07, 6.45) is 4.40. The van der Waals surface area contributed by atoms with Crippen LogP contribution in [0.1, 0.15) is 26.2 Å². The van der Waals surface area contributed by atoms with E-state index in [2.05, 4.69) is 21.0 Å². The van der Waals surface area contributed by atoms with Crippen LogP contribution in [0.25, 0.3) is 0 Å². The van der Waals surface area contributed by atoms with Crippen molar-refractivity contribution in [3.05, 3.63) is 51.9 Å². The van der Waals surface area contributed by atoms with E-state index >= 15 is 0 Å². The van der Waals surface area contributed by atoms with Crippen molar-refractivity contribution in [2.75, 3.05) is 49.1 Å². The summed E-state index contributed by atoms with van der Waals surface area (Å²) >= 11 is 6.11. The Morgan fingerprint density at radius 2 is 1.90 bits per heavy atom. The number of piperidine rings is 1. The minimum absolute atomic E-state index is 0.0734. The van der Waals surface area contributed by atoms with Crippen molar-refractivity contribution in [1.29, 1.82) is 0 Å². The Labute approximate surface area is 188 Å². The van der Waals surface area contributed by atoms with E-state index in [1.807, 2.05) is 30.0 Å². The normalized spacial score (nSPS) is 19.5. The second-order valence-corrected chi connectivity index (χ2v) is 8.81. The van der Waals surface area contributed by atoms with E-state index in [1.165, 1.54) is 4.68 Å². The Morgan fingerprint density at radius 3 is 2.61 bits per heavy atom. The quantitative estimate of drug-likeness (QED) is 0.711. The van der Waals surface area contributed by atoms with Crippen molar-refractivity contribution in [3.8, 4) is 0 Å². The van der Waals surface area contributed by atoms with Gasteiger partial charge in [0.15, 0.2) is 0 Å². The SMILES string of the molecule is CCn1ncc(N2CCCC(CC(=O)N3CCN(c4cccc(Cl)c4)CC3)C2)cc1=O. The van der Waals surface area contributed by atoms with Crippen LogP contribution in [0.5, 0.6) is 0 Å². The van der Waals surface area contributed by atoms with Crippen molar-refractivity contribution in [3.63, 3.8) is 0 Å². The summed E-state index contributed by atoms with van der Waals surface area (Å²) in [5.41, 5.74) is 1.90. The zero-order valence-electron chi connectivity index (χ0n) is 18.0. The monoisotopic (exact) mass is 443 g/mol. The second-order valence-electron chi connectivity index (χ2n) is 8.37. The van der Waals surface area contributed by atoms with Crippen LogP contribution < -0.4 is 15.4 Å². The molecule has 1 unspecified atom stereocenters. The predicted octanol–water partition coefficient (Wildman–Crippen LogP) is 2.87. The van der Waals surface area contributed by atoms with Crippen LogP contribution in [0.4, 0.5) is 11.4 Å². The van der Waals surface area contributed by atoms with Crippen molar-refractivity contribution >= 4 is 28.9 Å². The highest BCUT2D eigenvalue weighted by molar-refractivity contribution is 6.30. The molecule has 2 aromatic rings. The summed E-state index contributed by atoms with van der Waals surface area (Å²) < 4.78 is 1.46. The van der Waals surface area contributed by atoms with Gasteiger partial charge < -0.3 is 14.7 Å². The summed E-state index contributed by atoms with van der Waals surface area (Å²) in [7, 11) is 0. The average molecular weight is 444 g/mol. The van der Waals surface area contributed by atoms with E-state index in [1.54, 1.807) is 12.3 Å². The molecule has 2 saturated heterocycles. The first-order valence-corrected chi connectivity index (χ1v) is 11.5. The van der Waals surface area contributed by atoms with E-state index in [0.717, 1.165) is 68.5 Å². The van der Waals surface area contributed by atoms with Crippen molar-refractivity contribution in [2.45, 2.75) is 32.7 Å². The summed E-state index contributed by atoms with van der Waals surface area (Å²) in [5.74, 6) is 0.540. The van der Waals surface area contributed by atoms with Gasteiger partial charge in [0.25, 0.3) is 5.56 Å². The predicted molar refractivity (Wildman–Crippen MR) is 124 cm³/mol. The molecule has 1 atom stereocenters. The summed E-state index contributed by atoms with van der Waals surface area (Å²) in [6, 6.07) is 9.54. The van der Waals surface area contributed by atoms with Gasteiger partial charge in [-0.1, -0.05) is 17.7 Å². The molecule has 2 aliphatic heterocycles. The first-order chi connectivity index (χ1) is 15.0. The van der Waals surface area contributed by atoms with Crippen LogP contribution in [-0.4, -0.2) is 59.9 Å². The Hall–Kier alpha value is -2.54. The molecule has 1 aromatic carbocycles. The second kappa shape index (κ2) is 9.73. The maximum Gasteiger partial charge on any atom is 0.268 e. The van der Waals surface area contributed by atoms with E-state index < -0.39 is 0 Å². The molecule has 31 heavy (non-hydrogen) atoms. The van der Waals surface area contributed by atoms with Gasteiger partial charge >= 0.3 is 0 Å². The summed E-state index contributed by atoms with van der Waals surface area (Å²) in [5, 5.41) is 4.98. The number of aromatic nitrogens is 2. The van der Waals surface area contributed by atoms with Gasteiger partial charge in [-0.3, -0.25) is 9.59 Å². The summed E-state index contributed by atoms with van der Waals surface area (Å²) in [4.78, 5) is 31.5. The molecule has 1 aromatic heterocycles. The molecule has 7 nitrogen and oxygen atoms in total. The molecule has 0 N–H and O–H groups in total. The number of hydrogen-bond donors (Lipinski definition) is 0. The molecule has 4 rings (SSSR count). The number of amides is 1. The number of rotatable bonds is 5. The molecule has 3 heterocycles. The van der Waals surface area contributed by atoms with Crippen LogP contribution in [0.2, 0.25) is 5.02 Å². The standard InChI is InChI=1S/C23H30ClN5O2/c1-2-29-23(31)15-21(16-25-29)28-8-4-5-18(17-28)13-22(30)27-11-9-26(10-12-27)20-7-3-6-19(24)14-20/h3,6-7,14-16,18H,2,4-5,8-13,17H2,1H3. The van der Waals surface area contributed by atoms with Gasteiger partial charge in [0.1, 0.15) is 0 Å². The van der Waals surface area contributed by atoms with Gasteiger partial charge in [-0.2, -0.15) is 5.10 Å². The molecule has 2 fully saturated rings. The topological polar surface area (TPSA) is 61.7 Å². The van der Waals surface area contributed by atoms with E-state index in [-0.39, 0.29) is 11.5 Å². The Balaban J connectivity index is 1.30. The average Bonchev–Trinajstić information content (AvgIpc) is 2.79. The third kappa shape index (κ3) is 5.21. The maximum atomic E-state index is 12.9. The Kier molecular flexibility index (Phi) is 6.80. The molecule has 0 saturated carbocycles. The van der Waals surface area contributed by atoms with E-state index in [0.29, 0.717) is 18.9 Å². The number of hydrogen-bond acceptors (Lipinski definition) is 5. The smallest absolute Gasteiger partial charge is 0.268 e. The lowest BCUT2D eigenvalue weighted by Gasteiger charge is -2.38. The van der Waals surface area contributed by atoms with Crippen molar-refractivity contribution in [2.24, 2.45) is 5.92 Å². The minimum Gasteiger partial charge on any atom is -0.370 e. The number of benzene rings is 1. The van der Waals surface area contributed by atoms with Crippen molar-refractivity contribution < 1.29 is 4.79 Å². The molecular formula is C23H30ClN5O2. The molecule has 1 amide bonds. The van der Waals surface area contributed by atoms with Crippen LogP contribution in [0.3, 0.4) is 0 Å². The zero-order chi connectivity index (χ0) is 21.8. The number of halogens is 1. The van der Waals surface area contributed by atoms with Gasteiger partial charge in [0, 0.05) is 69.0 Å². The lowest BCUT2D eigenvalue weighted by molar-refractivity contribution is -0.132. The molecule has 0 spiro atoms. The molecule has 8 heteroatoms. The highest BCUT2D eigenvalue weighted by atomic mass is 35.5. The first kappa shape index (κ1) is 21.7. The van der Waals surface area contributed by atoms with Gasteiger partial charge in [-0.05, 0) is 43.9 Å². The number of carbonyl (C=O) groups is 1. The fraction of sp³-hybridized carbons (Fsp3) is 0.522. The van der Waals surface area contributed by atoms with Crippen LogP contribution in [0.15, 0.2) is 41.3 Å². The fourth-order valence-electron chi connectivity index (χ4n) is 4.56. The Morgan fingerprint density at radius 1 is 1.10 bits per heavy atom. The van der Waals surface area contributed by atoms with Gasteiger partial charge in [0.05, 0.1) is 11.9 Å². The molecule has 0 bridgehead atoms. The first-order valence-electron chi connectivity index (χ1n) is 11.1. The zero-order valence-corrected chi connectivity index (χ0v) is 18.8. The number of aryl methyl sites for hydroxylation is 1. The van der Waals surface area contributed by atoms with E-state index in [9.17, 15) is 9.59 Å². The van der Waals surface area contributed by atoms with E-state index in [4.69, 9.17) is 11.6 Å². The van der Waals surface area contributed by atoms with Gasteiger partial charge in [-0.15, -0.1) is 0 Å². The van der Waals surface area contributed by atoms with Crippen molar-refractivity contribution in [1.82, 2.24) is 14.7 Å². The number of nitrogens with zero attached hydrogens (tertiary/aromatic N) is 5. The Bertz CT molecular complexity index is 970. The summed E-state index contributed by atoms with van der Waals surface area (Å²) in [6.45, 7) is 7.30. The highest BCUT2D eigenvalue weighted by Crippen LogP contribution is 2.25. The minimum atomic E-state index is -0.0734. The number of anilines is 2. The largest absolute Gasteiger partial charge is 0.370 e. The maximum absolute atomic E-state index is 12.9. The van der Waals surface area contributed by atoms with Crippen LogP contribution >= 0.6 is 11.6 Å². The van der Waals surface area contributed by atoms with Crippen LogP contribution in [0, 0.1) is 5.92 Å². The third-order valence-corrected chi connectivity index (χ3v) is 6.54. The molecule has 0 aliphatic carbocycles. The number of piperazine rings is 1. The molecule has 166 valence electrons. The third-order valence-electron chi connectivity index (χ3n) is 6.31. The molecular weight excluding hydrogens is 414 g/mol. The molecule has 2 aliphatic rings. The lowest BCUT2D eigenvalue weighted by Crippen LogP contribution is -2.49. The lowest BCUT2D eigenvalue weighted by atomic mass is 9.93.